The molecule has 30 heavy (non-hydrogen) atoms. The van der Waals surface area contributed by atoms with Crippen molar-refractivity contribution in [2.75, 3.05) is 0 Å². The third-order valence-electron chi connectivity index (χ3n) is 5.49. The van der Waals surface area contributed by atoms with Gasteiger partial charge in [-0.05, 0) is 36.6 Å². The van der Waals surface area contributed by atoms with Gasteiger partial charge in [-0.25, -0.2) is 4.98 Å². The number of halogens is 3. The first-order valence-corrected chi connectivity index (χ1v) is 9.88. The maximum Gasteiger partial charge on any atom is 0.416 e. The molecule has 0 spiro atoms. The van der Waals surface area contributed by atoms with Crippen LogP contribution in [0.25, 0.3) is 0 Å². The summed E-state index contributed by atoms with van der Waals surface area (Å²) >= 11 is 0. The van der Waals surface area contributed by atoms with Crippen molar-refractivity contribution in [3.8, 4) is 0 Å². The van der Waals surface area contributed by atoms with Crippen LogP contribution in [-0.2, 0) is 30.6 Å². The van der Waals surface area contributed by atoms with Crippen molar-refractivity contribution in [3.63, 3.8) is 0 Å². The van der Waals surface area contributed by atoms with Crippen LogP contribution >= 0.6 is 0 Å². The number of carbonyl (C=O) groups excluding carboxylic acids is 1. The van der Waals surface area contributed by atoms with Crippen LogP contribution < -0.4 is 0 Å². The molecule has 1 fully saturated rings. The van der Waals surface area contributed by atoms with E-state index in [0.717, 1.165) is 25.3 Å². The molecule has 2 heterocycles. The highest BCUT2D eigenvalue weighted by Gasteiger charge is 2.33. The highest BCUT2D eigenvalue weighted by Crippen LogP contribution is 2.33. The highest BCUT2D eigenvalue weighted by molar-refractivity contribution is 5.79. The third-order valence-corrected chi connectivity index (χ3v) is 5.49. The van der Waals surface area contributed by atoms with Gasteiger partial charge in [-0.2, -0.15) is 13.2 Å². The van der Waals surface area contributed by atoms with Gasteiger partial charge >= 0.3 is 6.18 Å². The molecule has 3 aromatic rings. The Balaban J connectivity index is 1.56. The highest BCUT2D eigenvalue weighted by atomic mass is 19.4. The quantitative estimate of drug-likeness (QED) is 0.551. The van der Waals surface area contributed by atoms with Crippen LogP contribution in [0.1, 0.15) is 42.0 Å². The van der Waals surface area contributed by atoms with Gasteiger partial charge in [0.05, 0.1) is 24.9 Å². The summed E-state index contributed by atoms with van der Waals surface area (Å²) in [6, 6.07) is 9.07. The van der Waals surface area contributed by atoms with Crippen LogP contribution in [0.15, 0.2) is 59.5 Å². The van der Waals surface area contributed by atoms with Gasteiger partial charge in [0.15, 0.2) is 0 Å². The van der Waals surface area contributed by atoms with E-state index in [1.54, 1.807) is 46.3 Å². The predicted octanol–water partition coefficient (Wildman–Crippen LogP) is 4.87. The zero-order chi connectivity index (χ0) is 21.1. The number of aromatic nitrogens is 2. The number of furan rings is 1. The predicted molar refractivity (Wildman–Crippen MR) is 103 cm³/mol. The van der Waals surface area contributed by atoms with Crippen molar-refractivity contribution in [1.29, 1.82) is 0 Å². The van der Waals surface area contributed by atoms with E-state index in [-0.39, 0.29) is 30.5 Å². The minimum Gasteiger partial charge on any atom is -0.467 e. The number of benzene rings is 1. The lowest BCUT2D eigenvalue weighted by molar-refractivity contribution is -0.140. The number of hydrogen-bond donors (Lipinski definition) is 0. The number of rotatable bonds is 7. The molecule has 158 valence electrons. The standard InChI is InChI=1S/C22H22F3N3O2/c23-22(24,25)19-9-2-1-5-17(19)13-27-11-10-26-20(27)15-28(14-18-8-4-12-30-18)21(29)16-6-3-7-16/h1-2,4-5,8-12,16H,3,6-7,13-15H2. The van der Waals surface area contributed by atoms with Crippen LogP contribution in [0.2, 0.25) is 0 Å². The smallest absolute Gasteiger partial charge is 0.416 e. The Morgan fingerprint density at radius 3 is 2.63 bits per heavy atom. The van der Waals surface area contributed by atoms with Gasteiger partial charge in [-0.15, -0.1) is 0 Å². The SMILES string of the molecule is O=C(C1CCC1)N(Cc1ccco1)Cc1nccn1Cc1ccccc1C(F)(F)F. The van der Waals surface area contributed by atoms with E-state index in [2.05, 4.69) is 4.98 Å². The van der Waals surface area contributed by atoms with Crippen LogP contribution in [0, 0.1) is 5.92 Å². The molecule has 8 heteroatoms. The van der Waals surface area contributed by atoms with Crippen molar-refractivity contribution in [3.05, 3.63) is 77.8 Å². The summed E-state index contributed by atoms with van der Waals surface area (Å²) in [6.45, 7) is 0.531. The minimum atomic E-state index is -4.43. The first kappa shape index (κ1) is 20.3. The van der Waals surface area contributed by atoms with E-state index in [9.17, 15) is 18.0 Å². The number of amides is 1. The molecule has 0 N–H and O–H groups in total. The molecule has 0 atom stereocenters. The van der Waals surface area contributed by atoms with Crippen molar-refractivity contribution in [2.45, 2.75) is 45.1 Å². The van der Waals surface area contributed by atoms with E-state index in [1.807, 2.05) is 0 Å². The number of carbonyl (C=O) groups is 1. The zero-order valence-electron chi connectivity index (χ0n) is 16.3. The summed E-state index contributed by atoms with van der Waals surface area (Å²) < 4.78 is 47.1. The summed E-state index contributed by atoms with van der Waals surface area (Å²) in [5.74, 6) is 1.21. The summed E-state index contributed by atoms with van der Waals surface area (Å²) in [5.41, 5.74) is -0.505. The first-order chi connectivity index (χ1) is 14.4. The van der Waals surface area contributed by atoms with Gasteiger partial charge in [0, 0.05) is 24.9 Å². The Bertz CT molecular complexity index is 991. The number of alkyl halides is 3. The number of nitrogens with zero attached hydrogens (tertiary/aromatic N) is 3. The molecule has 1 aliphatic rings. The monoisotopic (exact) mass is 417 g/mol. The number of imidazole rings is 1. The summed E-state index contributed by atoms with van der Waals surface area (Å²) in [5, 5.41) is 0. The molecule has 0 aliphatic heterocycles. The fraction of sp³-hybridized carbons (Fsp3) is 0.364. The Hall–Kier alpha value is -3.03. The Kier molecular flexibility index (Phi) is 5.65. The molecule has 0 saturated heterocycles. The van der Waals surface area contributed by atoms with Crippen LogP contribution in [0.3, 0.4) is 0 Å². The zero-order valence-corrected chi connectivity index (χ0v) is 16.3. The topological polar surface area (TPSA) is 51.3 Å². The molecule has 1 aromatic carbocycles. The molecular formula is C22H22F3N3O2. The van der Waals surface area contributed by atoms with Crippen LogP contribution in [0.4, 0.5) is 13.2 Å². The van der Waals surface area contributed by atoms with Gasteiger partial charge in [0.2, 0.25) is 5.91 Å². The van der Waals surface area contributed by atoms with E-state index < -0.39 is 11.7 Å². The van der Waals surface area contributed by atoms with Crippen molar-refractivity contribution < 1.29 is 22.4 Å². The van der Waals surface area contributed by atoms with Crippen molar-refractivity contribution >= 4 is 5.91 Å². The van der Waals surface area contributed by atoms with Crippen molar-refractivity contribution in [1.82, 2.24) is 14.5 Å². The maximum absolute atomic E-state index is 13.4. The molecular weight excluding hydrogens is 395 g/mol. The number of hydrogen-bond acceptors (Lipinski definition) is 3. The van der Waals surface area contributed by atoms with E-state index in [1.165, 1.54) is 12.1 Å². The van der Waals surface area contributed by atoms with Crippen LogP contribution in [-0.4, -0.2) is 20.4 Å². The van der Waals surface area contributed by atoms with E-state index >= 15 is 0 Å². The average molecular weight is 417 g/mol. The Morgan fingerprint density at radius 2 is 1.97 bits per heavy atom. The lowest BCUT2D eigenvalue weighted by Gasteiger charge is -2.31. The normalized spacial score (nSPS) is 14.5. The van der Waals surface area contributed by atoms with Gasteiger partial charge in [0.1, 0.15) is 11.6 Å². The molecule has 4 rings (SSSR count). The maximum atomic E-state index is 13.4. The molecule has 5 nitrogen and oxygen atoms in total. The molecule has 0 unspecified atom stereocenters. The fourth-order valence-electron chi connectivity index (χ4n) is 3.64. The molecule has 2 aromatic heterocycles. The second-order valence-corrected chi connectivity index (χ2v) is 7.53. The van der Waals surface area contributed by atoms with Gasteiger partial charge in [-0.1, -0.05) is 24.6 Å². The molecule has 1 amide bonds. The largest absolute Gasteiger partial charge is 0.467 e. The minimum absolute atomic E-state index is 0.00525. The average Bonchev–Trinajstić information content (AvgIpc) is 3.32. The summed E-state index contributed by atoms with van der Waals surface area (Å²) in [7, 11) is 0. The van der Waals surface area contributed by atoms with Gasteiger partial charge in [0.25, 0.3) is 0 Å². The molecule has 1 aliphatic carbocycles. The fourth-order valence-corrected chi connectivity index (χ4v) is 3.64. The second kappa shape index (κ2) is 8.38. The van der Waals surface area contributed by atoms with E-state index in [4.69, 9.17) is 4.42 Å². The van der Waals surface area contributed by atoms with Crippen molar-refractivity contribution in [2.24, 2.45) is 5.92 Å². The van der Waals surface area contributed by atoms with Gasteiger partial charge < -0.3 is 13.9 Å². The summed E-state index contributed by atoms with van der Waals surface area (Å²) in [6.07, 6.45) is 3.07. The Morgan fingerprint density at radius 1 is 1.17 bits per heavy atom. The second-order valence-electron chi connectivity index (χ2n) is 7.53. The summed E-state index contributed by atoms with van der Waals surface area (Å²) in [4.78, 5) is 18.9. The lowest BCUT2D eigenvalue weighted by atomic mass is 9.84. The first-order valence-electron chi connectivity index (χ1n) is 9.88. The Labute approximate surface area is 172 Å². The van der Waals surface area contributed by atoms with E-state index in [0.29, 0.717) is 18.1 Å². The molecule has 0 radical (unpaired) electrons. The molecule has 1 saturated carbocycles. The van der Waals surface area contributed by atoms with Gasteiger partial charge in [-0.3, -0.25) is 4.79 Å². The molecule has 0 bridgehead atoms. The van der Waals surface area contributed by atoms with Crippen LogP contribution in [0.5, 0.6) is 0 Å². The third kappa shape index (κ3) is 4.42. The lowest BCUT2D eigenvalue weighted by Crippen LogP contribution is -2.38.